The van der Waals surface area contributed by atoms with Gasteiger partial charge in [-0.25, -0.2) is 0 Å². The lowest BCUT2D eigenvalue weighted by Gasteiger charge is -2.21. The quantitative estimate of drug-likeness (QED) is 0.322. The topological polar surface area (TPSA) is 28.0 Å². The molecule has 2 rings (SSSR count). The van der Waals surface area contributed by atoms with E-state index in [4.69, 9.17) is 0 Å². The van der Waals surface area contributed by atoms with E-state index in [0.29, 0.717) is 0 Å². The fraction of sp³-hybridized carbons (Fsp3) is 0.111. The number of halogens is 1. The molecule has 0 spiro atoms. The van der Waals surface area contributed by atoms with Crippen LogP contribution in [0.5, 0.6) is 0 Å². The van der Waals surface area contributed by atoms with Crippen molar-refractivity contribution in [3.8, 4) is 0 Å². The molecule has 4 heteroatoms. The highest BCUT2D eigenvalue weighted by Crippen LogP contribution is 2.22. The molecule has 22 heavy (non-hydrogen) atoms. The summed E-state index contributed by atoms with van der Waals surface area (Å²) >= 11 is 2.27. The van der Waals surface area contributed by atoms with Crippen molar-refractivity contribution in [1.29, 1.82) is 0 Å². The predicted octanol–water partition coefficient (Wildman–Crippen LogP) is 5.89. The molecule has 0 bridgehead atoms. The van der Waals surface area contributed by atoms with Crippen LogP contribution in [0, 0.1) is 3.57 Å². The Labute approximate surface area is 145 Å². The maximum absolute atomic E-state index is 4.26. The first-order valence-electron chi connectivity index (χ1n) is 6.97. The maximum Gasteiger partial charge on any atom is 0.0858 e. The molecule has 0 N–H and O–H groups in total. The van der Waals surface area contributed by atoms with Gasteiger partial charge in [0.25, 0.3) is 0 Å². The molecular weight excluding hydrogens is 385 g/mol. The molecule has 0 heterocycles. The van der Waals surface area contributed by atoms with E-state index in [1.165, 1.54) is 3.57 Å². The first kappa shape index (κ1) is 16.4. The summed E-state index contributed by atoms with van der Waals surface area (Å²) in [6.45, 7) is 9.14. The number of benzene rings is 2. The van der Waals surface area contributed by atoms with Crippen molar-refractivity contribution >= 4 is 39.7 Å². The summed E-state index contributed by atoms with van der Waals surface area (Å²) in [6, 6.07) is 15.9. The van der Waals surface area contributed by atoms with Gasteiger partial charge >= 0.3 is 0 Å². The Morgan fingerprint density at radius 2 is 1.27 bits per heavy atom. The van der Waals surface area contributed by atoms with Crippen molar-refractivity contribution in [3.05, 3.63) is 77.4 Å². The monoisotopic (exact) mass is 403 g/mol. The Kier molecular flexibility index (Phi) is 6.33. The number of hydrogen-bond acceptors (Lipinski definition) is 3. The van der Waals surface area contributed by atoms with Crippen LogP contribution in [0.25, 0.3) is 0 Å². The van der Waals surface area contributed by atoms with Crippen molar-refractivity contribution in [2.24, 2.45) is 10.2 Å². The van der Waals surface area contributed by atoms with Gasteiger partial charge in [-0.2, -0.15) is 10.2 Å². The Hall–Kier alpha value is -1.95. The number of anilines is 1. The van der Waals surface area contributed by atoms with Gasteiger partial charge in [-0.3, -0.25) is 0 Å². The van der Waals surface area contributed by atoms with E-state index < -0.39 is 0 Å². The zero-order valence-electron chi connectivity index (χ0n) is 12.3. The normalized spacial score (nSPS) is 10.6. The highest BCUT2D eigenvalue weighted by Gasteiger charge is 2.02. The van der Waals surface area contributed by atoms with Crippen LogP contribution in [0.3, 0.4) is 0 Å². The van der Waals surface area contributed by atoms with Crippen LogP contribution in [0.1, 0.15) is 0 Å². The van der Waals surface area contributed by atoms with Crippen LogP contribution in [0.15, 0.2) is 84.1 Å². The van der Waals surface area contributed by atoms with Gasteiger partial charge in [0.05, 0.1) is 11.4 Å². The second-order valence-corrected chi connectivity index (χ2v) is 5.92. The second-order valence-electron chi connectivity index (χ2n) is 4.68. The van der Waals surface area contributed by atoms with E-state index in [2.05, 4.69) is 50.9 Å². The van der Waals surface area contributed by atoms with Crippen LogP contribution in [-0.4, -0.2) is 13.1 Å². The van der Waals surface area contributed by atoms with Crippen LogP contribution >= 0.6 is 22.6 Å². The lowest BCUT2D eigenvalue weighted by molar-refractivity contribution is 0.957. The van der Waals surface area contributed by atoms with Gasteiger partial charge in [-0.15, -0.1) is 13.2 Å². The van der Waals surface area contributed by atoms with Crippen molar-refractivity contribution in [2.75, 3.05) is 18.0 Å². The minimum absolute atomic E-state index is 0.787. The van der Waals surface area contributed by atoms with Crippen molar-refractivity contribution in [3.63, 3.8) is 0 Å². The molecule has 0 aliphatic rings. The van der Waals surface area contributed by atoms with Crippen LogP contribution in [0.4, 0.5) is 17.1 Å². The highest BCUT2D eigenvalue weighted by molar-refractivity contribution is 14.1. The number of nitrogens with zero attached hydrogens (tertiary/aromatic N) is 3. The molecule has 3 nitrogen and oxygen atoms in total. The first-order valence-corrected chi connectivity index (χ1v) is 8.05. The van der Waals surface area contributed by atoms with Crippen LogP contribution in [-0.2, 0) is 0 Å². The van der Waals surface area contributed by atoms with E-state index in [0.717, 1.165) is 30.2 Å². The summed E-state index contributed by atoms with van der Waals surface area (Å²) in [6.07, 6.45) is 3.77. The molecule has 112 valence electrons. The zero-order valence-corrected chi connectivity index (χ0v) is 14.5. The SMILES string of the molecule is C=CCN(CC=C)c1ccc(N=Nc2ccc(I)cc2)cc1. The fourth-order valence-electron chi connectivity index (χ4n) is 1.95. The third-order valence-electron chi connectivity index (χ3n) is 3.02. The smallest absolute Gasteiger partial charge is 0.0858 e. The molecule has 0 aliphatic carbocycles. The highest BCUT2D eigenvalue weighted by atomic mass is 127. The number of rotatable bonds is 7. The Morgan fingerprint density at radius 3 is 1.73 bits per heavy atom. The molecule has 0 aliphatic heterocycles. The van der Waals surface area contributed by atoms with Crippen molar-refractivity contribution in [1.82, 2.24) is 0 Å². The van der Waals surface area contributed by atoms with E-state index in [9.17, 15) is 0 Å². The maximum atomic E-state index is 4.26. The zero-order chi connectivity index (χ0) is 15.8. The van der Waals surface area contributed by atoms with Gasteiger partial charge < -0.3 is 4.90 Å². The lowest BCUT2D eigenvalue weighted by Crippen LogP contribution is -2.22. The summed E-state index contributed by atoms with van der Waals surface area (Å²) in [4.78, 5) is 2.18. The van der Waals surface area contributed by atoms with Gasteiger partial charge in [0.15, 0.2) is 0 Å². The molecule has 2 aromatic rings. The minimum atomic E-state index is 0.787. The molecule has 0 saturated heterocycles. The molecule has 0 fully saturated rings. The number of hydrogen-bond donors (Lipinski definition) is 0. The first-order chi connectivity index (χ1) is 10.7. The third kappa shape index (κ3) is 4.80. The van der Waals surface area contributed by atoms with Gasteiger partial charge in [0.2, 0.25) is 0 Å². The van der Waals surface area contributed by atoms with E-state index in [1.54, 1.807) is 0 Å². The van der Waals surface area contributed by atoms with Gasteiger partial charge in [0, 0.05) is 22.3 Å². The van der Waals surface area contributed by atoms with Gasteiger partial charge in [-0.1, -0.05) is 12.2 Å². The molecule has 2 aromatic carbocycles. The summed E-state index contributed by atoms with van der Waals surface area (Å²) in [5, 5.41) is 8.50. The molecule has 0 saturated carbocycles. The average molecular weight is 403 g/mol. The molecule has 0 atom stereocenters. The van der Waals surface area contributed by atoms with E-state index in [1.807, 2.05) is 60.7 Å². The largest absolute Gasteiger partial charge is 0.364 e. The standard InChI is InChI=1S/C18H18IN3/c1-3-13-22(14-4-2)18-11-9-17(10-12-18)21-20-16-7-5-15(19)6-8-16/h3-12H,1-2,13-14H2. The molecule has 0 radical (unpaired) electrons. The van der Waals surface area contributed by atoms with E-state index in [-0.39, 0.29) is 0 Å². The van der Waals surface area contributed by atoms with Crippen molar-refractivity contribution < 1.29 is 0 Å². The number of azo groups is 1. The molecule has 0 unspecified atom stereocenters. The fourth-order valence-corrected chi connectivity index (χ4v) is 2.31. The summed E-state index contributed by atoms with van der Waals surface area (Å²) in [5.74, 6) is 0. The minimum Gasteiger partial charge on any atom is -0.364 e. The summed E-state index contributed by atoms with van der Waals surface area (Å²) in [7, 11) is 0. The Balaban J connectivity index is 2.09. The molecule has 0 amide bonds. The Bertz CT molecular complexity index is 635. The summed E-state index contributed by atoms with van der Waals surface area (Å²) in [5.41, 5.74) is 2.80. The predicted molar refractivity (Wildman–Crippen MR) is 102 cm³/mol. The van der Waals surface area contributed by atoms with Gasteiger partial charge in [0.1, 0.15) is 0 Å². The molecule has 0 aromatic heterocycles. The van der Waals surface area contributed by atoms with Crippen molar-refractivity contribution in [2.45, 2.75) is 0 Å². The Morgan fingerprint density at radius 1 is 0.818 bits per heavy atom. The molecular formula is C18H18IN3. The van der Waals surface area contributed by atoms with Crippen LogP contribution < -0.4 is 4.90 Å². The van der Waals surface area contributed by atoms with Crippen LogP contribution in [0.2, 0.25) is 0 Å². The summed E-state index contributed by atoms with van der Waals surface area (Å²) < 4.78 is 1.19. The average Bonchev–Trinajstić information content (AvgIpc) is 2.55. The second kappa shape index (κ2) is 8.48. The lowest BCUT2D eigenvalue weighted by atomic mass is 10.2. The third-order valence-corrected chi connectivity index (χ3v) is 3.74. The van der Waals surface area contributed by atoms with E-state index >= 15 is 0 Å². The van der Waals surface area contributed by atoms with Gasteiger partial charge in [-0.05, 0) is 71.1 Å².